The van der Waals surface area contributed by atoms with E-state index in [1.807, 2.05) is 25.2 Å². The van der Waals surface area contributed by atoms with Crippen LogP contribution in [0.2, 0.25) is 5.02 Å². The molecule has 1 atom stereocenters. The van der Waals surface area contributed by atoms with Crippen molar-refractivity contribution >= 4 is 11.6 Å². The van der Waals surface area contributed by atoms with E-state index in [4.69, 9.17) is 16.3 Å². The van der Waals surface area contributed by atoms with Crippen LogP contribution in [0, 0.1) is 0 Å². The number of ether oxygens (including phenoxy) is 1. The van der Waals surface area contributed by atoms with Crippen LogP contribution in [0.25, 0.3) is 0 Å². The van der Waals surface area contributed by atoms with Crippen LogP contribution in [0.3, 0.4) is 0 Å². The first-order valence-electron chi connectivity index (χ1n) is 7.29. The van der Waals surface area contributed by atoms with Gasteiger partial charge in [0.05, 0.1) is 13.2 Å². The molecule has 2 aromatic rings. The molecule has 3 heteroatoms. The van der Waals surface area contributed by atoms with E-state index in [0.717, 1.165) is 17.7 Å². The zero-order chi connectivity index (χ0) is 15.2. The molecule has 2 rings (SSSR count). The van der Waals surface area contributed by atoms with Crippen molar-refractivity contribution < 1.29 is 4.74 Å². The lowest BCUT2D eigenvalue weighted by atomic mass is 9.96. The monoisotopic (exact) mass is 303 g/mol. The average molecular weight is 304 g/mol. The second-order valence-electron chi connectivity index (χ2n) is 5.10. The van der Waals surface area contributed by atoms with Crippen molar-refractivity contribution in [1.29, 1.82) is 0 Å². The third kappa shape index (κ3) is 3.78. The Bertz CT molecular complexity index is 580. The van der Waals surface area contributed by atoms with Crippen LogP contribution in [0.15, 0.2) is 42.5 Å². The number of halogens is 1. The minimum atomic E-state index is 0.0906. The van der Waals surface area contributed by atoms with Crippen LogP contribution < -0.4 is 10.1 Å². The quantitative estimate of drug-likeness (QED) is 0.841. The van der Waals surface area contributed by atoms with Crippen molar-refractivity contribution in [2.75, 3.05) is 14.2 Å². The van der Waals surface area contributed by atoms with E-state index in [-0.39, 0.29) is 6.04 Å². The highest BCUT2D eigenvalue weighted by molar-refractivity contribution is 6.30. The molecule has 0 aliphatic carbocycles. The summed E-state index contributed by atoms with van der Waals surface area (Å²) in [6.45, 7) is 2.20. The van der Waals surface area contributed by atoms with Crippen molar-refractivity contribution in [3.8, 4) is 5.75 Å². The number of methoxy groups -OCH3 is 1. The molecule has 0 heterocycles. The number of aryl methyl sites for hydroxylation is 1. The van der Waals surface area contributed by atoms with Crippen LogP contribution in [0.5, 0.6) is 5.75 Å². The fourth-order valence-corrected chi connectivity index (χ4v) is 2.75. The van der Waals surface area contributed by atoms with Crippen LogP contribution in [-0.4, -0.2) is 14.2 Å². The van der Waals surface area contributed by atoms with Crippen LogP contribution in [0.1, 0.15) is 36.1 Å². The normalized spacial score (nSPS) is 12.2. The Hall–Kier alpha value is -1.51. The largest absolute Gasteiger partial charge is 0.496 e. The highest BCUT2D eigenvalue weighted by atomic mass is 35.5. The van der Waals surface area contributed by atoms with Gasteiger partial charge in [-0.3, -0.25) is 0 Å². The average Bonchev–Trinajstić information content (AvgIpc) is 2.51. The summed E-state index contributed by atoms with van der Waals surface area (Å²) < 4.78 is 5.47. The van der Waals surface area contributed by atoms with E-state index in [1.165, 1.54) is 17.5 Å². The Morgan fingerprint density at radius 2 is 1.86 bits per heavy atom. The summed E-state index contributed by atoms with van der Waals surface area (Å²) in [4.78, 5) is 0. The Labute approximate surface area is 132 Å². The second kappa shape index (κ2) is 7.48. The van der Waals surface area contributed by atoms with Gasteiger partial charge in [0, 0.05) is 10.6 Å². The van der Waals surface area contributed by atoms with Gasteiger partial charge in [-0.05, 0) is 36.7 Å². The van der Waals surface area contributed by atoms with Crippen molar-refractivity contribution in [2.24, 2.45) is 0 Å². The first-order valence-corrected chi connectivity index (χ1v) is 7.67. The molecule has 0 aromatic heterocycles. The molecule has 2 nitrogen and oxygen atoms in total. The maximum absolute atomic E-state index is 6.04. The highest BCUT2D eigenvalue weighted by Crippen LogP contribution is 2.32. The molecule has 0 saturated heterocycles. The molecule has 0 aliphatic heterocycles. The minimum absolute atomic E-state index is 0.0906. The maximum Gasteiger partial charge on any atom is 0.125 e. The predicted molar refractivity (Wildman–Crippen MR) is 89.3 cm³/mol. The molecule has 0 saturated carbocycles. The summed E-state index contributed by atoms with van der Waals surface area (Å²) in [5, 5.41) is 4.04. The number of benzene rings is 2. The molecule has 1 unspecified atom stereocenters. The molecule has 0 aliphatic rings. The lowest BCUT2D eigenvalue weighted by Gasteiger charge is -2.20. The van der Waals surface area contributed by atoms with E-state index in [9.17, 15) is 0 Å². The summed E-state index contributed by atoms with van der Waals surface area (Å²) in [5.41, 5.74) is 3.68. The fourth-order valence-electron chi connectivity index (χ4n) is 2.59. The minimum Gasteiger partial charge on any atom is -0.496 e. The van der Waals surface area contributed by atoms with Gasteiger partial charge >= 0.3 is 0 Å². The summed E-state index contributed by atoms with van der Waals surface area (Å²) in [5.74, 6) is 0.805. The summed E-state index contributed by atoms with van der Waals surface area (Å²) in [6.07, 6.45) is 2.29. The Morgan fingerprint density at radius 3 is 2.43 bits per heavy atom. The van der Waals surface area contributed by atoms with Gasteiger partial charge in [0.15, 0.2) is 0 Å². The Morgan fingerprint density at radius 1 is 1.14 bits per heavy atom. The highest BCUT2D eigenvalue weighted by Gasteiger charge is 2.16. The third-order valence-corrected chi connectivity index (χ3v) is 3.88. The first kappa shape index (κ1) is 15.9. The number of rotatable bonds is 6. The topological polar surface area (TPSA) is 21.3 Å². The lowest BCUT2D eigenvalue weighted by molar-refractivity contribution is 0.405. The Kier molecular flexibility index (Phi) is 5.66. The summed E-state index contributed by atoms with van der Waals surface area (Å²) in [6, 6.07) is 14.6. The van der Waals surface area contributed by atoms with Crippen molar-refractivity contribution in [1.82, 2.24) is 5.32 Å². The smallest absolute Gasteiger partial charge is 0.125 e. The van der Waals surface area contributed by atoms with Gasteiger partial charge < -0.3 is 10.1 Å². The van der Waals surface area contributed by atoms with E-state index in [1.54, 1.807) is 7.11 Å². The molecule has 1 N–H and O–H groups in total. The fraction of sp³-hybridized carbons (Fsp3) is 0.333. The van der Waals surface area contributed by atoms with Crippen LogP contribution >= 0.6 is 11.6 Å². The number of hydrogen-bond donors (Lipinski definition) is 1. The molecule has 0 amide bonds. The van der Waals surface area contributed by atoms with Crippen LogP contribution in [0.4, 0.5) is 0 Å². The lowest BCUT2D eigenvalue weighted by Crippen LogP contribution is -2.18. The van der Waals surface area contributed by atoms with E-state index in [2.05, 4.69) is 36.5 Å². The number of nitrogens with one attached hydrogen (secondary N) is 1. The Balaban J connectivity index is 2.35. The zero-order valence-electron chi connectivity index (χ0n) is 12.8. The molecular formula is C18H22ClNO. The molecular weight excluding hydrogens is 282 g/mol. The molecule has 21 heavy (non-hydrogen) atoms. The number of hydrogen-bond acceptors (Lipinski definition) is 2. The molecule has 112 valence electrons. The molecule has 0 bridgehead atoms. The summed E-state index contributed by atoms with van der Waals surface area (Å²) in [7, 11) is 3.63. The van der Waals surface area contributed by atoms with Crippen molar-refractivity contribution in [3.63, 3.8) is 0 Å². The van der Waals surface area contributed by atoms with Gasteiger partial charge in [-0.1, -0.05) is 55.3 Å². The first-order chi connectivity index (χ1) is 10.2. The van der Waals surface area contributed by atoms with Crippen LogP contribution in [-0.2, 0) is 6.42 Å². The van der Waals surface area contributed by atoms with Crippen molar-refractivity contribution in [2.45, 2.75) is 25.8 Å². The van der Waals surface area contributed by atoms with E-state index >= 15 is 0 Å². The molecule has 2 aromatic carbocycles. The molecule has 0 radical (unpaired) electrons. The van der Waals surface area contributed by atoms with Crippen molar-refractivity contribution in [3.05, 3.63) is 64.2 Å². The van der Waals surface area contributed by atoms with Gasteiger partial charge in [-0.15, -0.1) is 0 Å². The molecule has 0 spiro atoms. The zero-order valence-corrected chi connectivity index (χ0v) is 13.6. The van der Waals surface area contributed by atoms with E-state index in [0.29, 0.717) is 5.02 Å². The SMILES string of the molecule is CCCc1ccc(C(NC)c2ccc(Cl)cc2OC)cc1. The molecule has 0 fully saturated rings. The maximum atomic E-state index is 6.04. The van der Waals surface area contributed by atoms with E-state index < -0.39 is 0 Å². The predicted octanol–water partition coefficient (Wildman–Crippen LogP) is 4.61. The second-order valence-corrected chi connectivity index (χ2v) is 5.54. The third-order valence-electron chi connectivity index (χ3n) is 3.65. The van der Waals surface area contributed by atoms with Gasteiger partial charge in [0.1, 0.15) is 5.75 Å². The van der Waals surface area contributed by atoms with Gasteiger partial charge in [0.2, 0.25) is 0 Å². The van der Waals surface area contributed by atoms with Gasteiger partial charge in [-0.25, -0.2) is 0 Å². The van der Waals surface area contributed by atoms with Gasteiger partial charge in [0.25, 0.3) is 0 Å². The summed E-state index contributed by atoms with van der Waals surface area (Å²) >= 11 is 6.04. The standard InChI is InChI=1S/C18H22ClNO/c1-4-5-13-6-8-14(9-7-13)18(20-2)16-11-10-15(19)12-17(16)21-3/h6-12,18,20H,4-5H2,1-3H3. The van der Waals surface area contributed by atoms with Gasteiger partial charge in [-0.2, -0.15) is 0 Å².